The maximum absolute atomic E-state index is 12.9. The predicted molar refractivity (Wildman–Crippen MR) is 100 cm³/mol. The van der Waals surface area contributed by atoms with E-state index >= 15 is 0 Å². The molecule has 0 saturated carbocycles. The lowest BCUT2D eigenvalue weighted by Crippen LogP contribution is -2.33. The van der Waals surface area contributed by atoms with E-state index in [0.29, 0.717) is 10.9 Å². The second kappa shape index (κ2) is 6.48. The van der Waals surface area contributed by atoms with Crippen LogP contribution in [-0.4, -0.2) is 32.2 Å². The number of pyridine rings is 1. The van der Waals surface area contributed by atoms with E-state index in [-0.39, 0.29) is 5.60 Å². The van der Waals surface area contributed by atoms with Crippen LogP contribution in [0.15, 0.2) is 35.6 Å². The molecular weight excluding hydrogens is 350 g/mol. The van der Waals surface area contributed by atoms with Crippen LogP contribution in [0.4, 0.5) is 0 Å². The van der Waals surface area contributed by atoms with Crippen molar-refractivity contribution in [2.24, 2.45) is 0 Å². The number of methoxy groups -OCH3 is 1. The fraction of sp³-hybridized carbons (Fsp3) is 0.368. The minimum absolute atomic E-state index is 0.178. The van der Waals surface area contributed by atoms with Crippen LogP contribution >= 0.6 is 0 Å². The van der Waals surface area contributed by atoms with Crippen molar-refractivity contribution in [3.63, 3.8) is 0 Å². The molecule has 3 aromatic rings. The van der Waals surface area contributed by atoms with E-state index in [1.165, 1.54) is 0 Å². The summed E-state index contributed by atoms with van der Waals surface area (Å²) < 4.78 is 24.1. The highest BCUT2D eigenvalue weighted by atomic mass is 32.2. The largest absolute Gasteiger partial charge is 0.609 e. The molecule has 7 heteroatoms. The van der Waals surface area contributed by atoms with Gasteiger partial charge in [0.2, 0.25) is 0 Å². The summed E-state index contributed by atoms with van der Waals surface area (Å²) >= 11 is -1.32. The lowest BCUT2D eigenvalue weighted by atomic mass is 9.94. The average Bonchev–Trinajstić information content (AvgIpc) is 3.04. The zero-order valence-electron chi connectivity index (χ0n) is 15.0. The first kappa shape index (κ1) is 17.2. The van der Waals surface area contributed by atoms with E-state index in [2.05, 4.69) is 28.8 Å². The lowest BCUT2D eigenvalue weighted by molar-refractivity contribution is 0.0841. The van der Waals surface area contributed by atoms with Crippen molar-refractivity contribution in [1.82, 2.24) is 15.0 Å². The van der Waals surface area contributed by atoms with Crippen LogP contribution in [0.1, 0.15) is 31.5 Å². The number of aromatic nitrogens is 3. The van der Waals surface area contributed by atoms with Crippen LogP contribution in [-0.2, 0) is 23.3 Å². The number of imidazole rings is 1. The van der Waals surface area contributed by atoms with Gasteiger partial charge in [0.05, 0.1) is 23.8 Å². The van der Waals surface area contributed by atoms with Gasteiger partial charge in [-0.3, -0.25) is 9.97 Å². The third-order valence-electron chi connectivity index (χ3n) is 4.62. The highest BCUT2D eigenvalue weighted by Gasteiger charge is 2.30. The summed E-state index contributed by atoms with van der Waals surface area (Å²) in [5.41, 5.74) is 3.26. The van der Waals surface area contributed by atoms with E-state index in [4.69, 9.17) is 9.47 Å². The summed E-state index contributed by atoms with van der Waals surface area (Å²) in [6, 6.07) is 7.43. The zero-order valence-corrected chi connectivity index (χ0v) is 15.9. The SMILES string of the molecule is COc1ccc2[nH]c([S+]([O-])Cc3nccc4c3CCC(C)(C)O4)nc2c1. The monoisotopic (exact) mass is 371 g/mol. The van der Waals surface area contributed by atoms with Crippen LogP contribution in [0.5, 0.6) is 11.5 Å². The average molecular weight is 371 g/mol. The molecule has 1 N–H and O–H groups in total. The van der Waals surface area contributed by atoms with Gasteiger partial charge >= 0.3 is 5.16 Å². The molecule has 3 heterocycles. The van der Waals surface area contributed by atoms with Gasteiger partial charge in [-0.1, -0.05) is 0 Å². The minimum atomic E-state index is -1.32. The highest BCUT2D eigenvalue weighted by Crippen LogP contribution is 2.35. The Bertz CT molecular complexity index is 954. The molecule has 0 bridgehead atoms. The van der Waals surface area contributed by atoms with Crippen molar-refractivity contribution < 1.29 is 14.0 Å². The van der Waals surface area contributed by atoms with Crippen molar-refractivity contribution in [3.8, 4) is 11.5 Å². The summed E-state index contributed by atoms with van der Waals surface area (Å²) in [7, 11) is 1.61. The van der Waals surface area contributed by atoms with Crippen LogP contribution in [0, 0.1) is 0 Å². The van der Waals surface area contributed by atoms with Gasteiger partial charge < -0.3 is 14.0 Å². The van der Waals surface area contributed by atoms with Crippen molar-refractivity contribution in [2.75, 3.05) is 7.11 Å². The molecule has 0 aliphatic carbocycles. The molecule has 0 spiro atoms. The van der Waals surface area contributed by atoms with Crippen LogP contribution in [0.3, 0.4) is 0 Å². The molecule has 1 aliphatic rings. The standard InChI is InChI=1S/C19H21N3O3S/c1-19(2)8-6-13-16(20-9-7-17(13)25-19)11-26(23)18-21-14-5-4-12(24-3)10-15(14)22-18/h4-5,7,9-10H,6,8,11H2,1-3H3,(H,21,22). The topological polar surface area (TPSA) is 83.1 Å². The number of nitrogens with one attached hydrogen (secondary N) is 1. The molecule has 1 atom stereocenters. The Morgan fingerprint density at radius 3 is 3.00 bits per heavy atom. The molecule has 0 amide bonds. The van der Waals surface area contributed by atoms with Gasteiger partial charge in [-0.2, -0.15) is 4.98 Å². The predicted octanol–water partition coefficient (Wildman–Crippen LogP) is 3.38. The molecule has 1 aliphatic heterocycles. The van der Waals surface area contributed by atoms with Gasteiger partial charge in [-0.25, -0.2) is 0 Å². The maximum Gasteiger partial charge on any atom is 0.322 e. The number of H-pyrrole nitrogens is 1. The molecule has 136 valence electrons. The van der Waals surface area contributed by atoms with E-state index in [1.807, 2.05) is 24.3 Å². The fourth-order valence-corrected chi connectivity index (χ4v) is 4.23. The molecule has 2 aromatic heterocycles. The van der Waals surface area contributed by atoms with E-state index in [1.54, 1.807) is 13.3 Å². The summed E-state index contributed by atoms with van der Waals surface area (Å²) in [4.78, 5) is 12.0. The Labute approximate surface area is 155 Å². The van der Waals surface area contributed by atoms with Crippen molar-refractivity contribution in [1.29, 1.82) is 0 Å². The molecule has 0 saturated heterocycles. The van der Waals surface area contributed by atoms with Gasteiger partial charge in [-0.15, -0.1) is 0 Å². The number of nitrogens with zero attached hydrogens (tertiary/aromatic N) is 2. The van der Waals surface area contributed by atoms with Gasteiger partial charge in [0.15, 0.2) is 5.75 Å². The number of rotatable bonds is 4. The molecule has 6 nitrogen and oxygen atoms in total. The first-order valence-electron chi connectivity index (χ1n) is 8.53. The molecule has 1 unspecified atom stereocenters. The Hall–Kier alpha value is -2.25. The minimum Gasteiger partial charge on any atom is -0.609 e. The highest BCUT2D eigenvalue weighted by molar-refractivity contribution is 7.90. The second-order valence-electron chi connectivity index (χ2n) is 7.01. The number of ether oxygens (including phenoxy) is 2. The van der Waals surface area contributed by atoms with E-state index in [0.717, 1.165) is 46.6 Å². The first-order valence-corrected chi connectivity index (χ1v) is 9.85. The summed E-state index contributed by atoms with van der Waals surface area (Å²) in [6.45, 7) is 4.16. The zero-order chi connectivity index (χ0) is 18.3. The van der Waals surface area contributed by atoms with E-state index < -0.39 is 11.2 Å². The number of fused-ring (bicyclic) bond motifs is 2. The van der Waals surface area contributed by atoms with Crippen LogP contribution < -0.4 is 9.47 Å². The summed E-state index contributed by atoms with van der Waals surface area (Å²) in [5.74, 6) is 1.88. The molecular formula is C19H21N3O3S. The lowest BCUT2D eigenvalue weighted by Gasteiger charge is -2.33. The Morgan fingerprint density at radius 1 is 1.35 bits per heavy atom. The van der Waals surface area contributed by atoms with Crippen LogP contribution in [0.2, 0.25) is 0 Å². The maximum atomic E-state index is 12.9. The van der Waals surface area contributed by atoms with Gasteiger partial charge in [-0.05, 0) is 44.9 Å². The smallest absolute Gasteiger partial charge is 0.322 e. The number of aromatic amines is 1. The number of benzene rings is 1. The Morgan fingerprint density at radius 2 is 2.19 bits per heavy atom. The van der Waals surface area contributed by atoms with Crippen molar-refractivity contribution in [2.45, 2.75) is 43.2 Å². The third kappa shape index (κ3) is 3.24. The third-order valence-corrected chi connectivity index (χ3v) is 5.78. The summed E-state index contributed by atoms with van der Waals surface area (Å²) in [6.07, 6.45) is 3.51. The fourth-order valence-electron chi connectivity index (χ4n) is 3.17. The van der Waals surface area contributed by atoms with Crippen LogP contribution in [0.25, 0.3) is 11.0 Å². The Kier molecular flexibility index (Phi) is 4.28. The molecule has 1 aromatic carbocycles. The molecule has 0 fully saturated rings. The summed E-state index contributed by atoms with van der Waals surface area (Å²) in [5, 5.41) is 0.449. The first-order chi connectivity index (χ1) is 12.4. The quantitative estimate of drug-likeness (QED) is 0.711. The van der Waals surface area contributed by atoms with Crippen molar-refractivity contribution in [3.05, 3.63) is 41.7 Å². The van der Waals surface area contributed by atoms with Gasteiger partial charge in [0, 0.05) is 29.0 Å². The number of hydrogen-bond acceptors (Lipinski definition) is 5. The van der Waals surface area contributed by atoms with Crippen molar-refractivity contribution >= 4 is 22.2 Å². The van der Waals surface area contributed by atoms with Gasteiger partial charge in [0.1, 0.15) is 17.1 Å². The number of hydrogen-bond donors (Lipinski definition) is 1. The molecule has 26 heavy (non-hydrogen) atoms. The second-order valence-corrected chi connectivity index (χ2v) is 8.38. The van der Waals surface area contributed by atoms with Gasteiger partial charge in [0.25, 0.3) is 0 Å². The molecule has 4 rings (SSSR count). The van der Waals surface area contributed by atoms with E-state index in [9.17, 15) is 4.55 Å². The molecule has 0 radical (unpaired) electrons. The Balaban J connectivity index is 1.60. The normalized spacial score (nSPS) is 16.8.